The maximum absolute atomic E-state index is 12.8. The topological polar surface area (TPSA) is 101 Å². The summed E-state index contributed by atoms with van der Waals surface area (Å²) in [5.74, 6) is -0.107. The molecule has 1 aromatic carbocycles. The summed E-state index contributed by atoms with van der Waals surface area (Å²) in [5, 5.41) is 8.95. The van der Waals surface area contributed by atoms with E-state index in [1.807, 2.05) is 6.07 Å². The molecule has 0 spiro atoms. The van der Waals surface area contributed by atoms with Crippen LogP contribution in [0, 0.1) is 25.2 Å². The number of Topliss-reactive ketones (excluding diaryl/α,β-unsaturated/α-hetero) is 1. The van der Waals surface area contributed by atoms with Crippen LogP contribution in [0.2, 0.25) is 0 Å². The third-order valence-corrected chi connectivity index (χ3v) is 4.04. The number of nitrogens with one attached hydrogen (secondary N) is 1. The monoisotopic (exact) mass is 356 g/mol. The first-order valence-electron chi connectivity index (χ1n) is 7.90. The van der Waals surface area contributed by atoms with Crippen LogP contribution in [0.15, 0.2) is 18.2 Å². The number of H-pyrrole nitrogens is 1. The molecule has 1 N–H and O–H groups in total. The van der Waals surface area contributed by atoms with Gasteiger partial charge in [-0.3, -0.25) is 4.79 Å². The second-order valence-electron chi connectivity index (χ2n) is 5.72. The van der Waals surface area contributed by atoms with Gasteiger partial charge in [0.25, 0.3) is 0 Å². The van der Waals surface area contributed by atoms with E-state index in [4.69, 9.17) is 19.5 Å². The fraction of sp³-hybridized carbons (Fsp3) is 0.316. The first-order chi connectivity index (χ1) is 12.3. The summed E-state index contributed by atoms with van der Waals surface area (Å²) in [4.78, 5) is 27.6. The summed E-state index contributed by atoms with van der Waals surface area (Å²) in [6.07, 6.45) is -0.834. The van der Waals surface area contributed by atoms with Crippen LogP contribution in [-0.2, 0) is 4.74 Å². The van der Waals surface area contributed by atoms with E-state index < -0.39 is 12.1 Å². The minimum Gasteiger partial charge on any atom is -0.493 e. The van der Waals surface area contributed by atoms with Crippen molar-refractivity contribution in [1.82, 2.24) is 4.98 Å². The number of esters is 1. The molecule has 0 aliphatic carbocycles. The molecule has 2 rings (SSSR count). The number of methoxy groups -OCH3 is 2. The Morgan fingerprint density at radius 1 is 1.19 bits per heavy atom. The Bertz CT molecular complexity index is 892. The molecule has 0 bridgehead atoms. The molecule has 26 heavy (non-hydrogen) atoms. The number of rotatable bonds is 6. The molecule has 0 aliphatic heterocycles. The predicted octanol–water partition coefficient (Wildman–Crippen LogP) is 2.95. The first kappa shape index (κ1) is 19.1. The molecule has 0 radical (unpaired) electrons. The highest BCUT2D eigenvalue weighted by Gasteiger charge is 2.27. The van der Waals surface area contributed by atoms with Crippen molar-refractivity contribution in [2.45, 2.75) is 26.9 Å². The van der Waals surface area contributed by atoms with Crippen LogP contribution < -0.4 is 9.47 Å². The van der Waals surface area contributed by atoms with Crippen molar-refractivity contribution in [2.24, 2.45) is 0 Å². The number of ether oxygens (including phenoxy) is 3. The molecule has 136 valence electrons. The number of aromatic nitrogens is 1. The molecule has 7 heteroatoms. The van der Waals surface area contributed by atoms with Gasteiger partial charge in [-0.05, 0) is 38.5 Å². The number of carbonyl (C=O) groups excluding carboxylic acids is 2. The van der Waals surface area contributed by atoms with Crippen molar-refractivity contribution >= 4 is 11.8 Å². The minimum absolute atomic E-state index is 0.294. The van der Waals surface area contributed by atoms with Gasteiger partial charge in [0.15, 0.2) is 17.6 Å². The number of hydrogen-bond donors (Lipinski definition) is 1. The number of aryl methyl sites for hydroxylation is 1. The Morgan fingerprint density at radius 3 is 2.46 bits per heavy atom. The Morgan fingerprint density at radius 2 is 1.88 bits per heavy atom. The van der Waals surface area contributed by atoms with Gasteiger partial charge in [-0.2, -0.15) is 5.26 Å². The van der Waals surface area contributed by atoms with Gasteiger partial charge in [0.2, 0.25) is 5.78 Å². The van der Waals surface area contributed by atoms with Crippen LogP contribution in [0.4, 0.5) is 0 Å². The molecule has 1 heterocycles. The van der Waals surface area contributed by atoms with Crippen LogP contribution in [0.25, 0.3) is 0 Å². The molecule has 0 amide bonds. The molecule has 7 nitrogen and oxygen atoms in total. The Balaban J connectivity index is 2.29. The highest BCUT2D eigenvalue weighted by Crippen LogP contribution is 2.29. The molecule has 1 atom stereocenters. The molecule has 1 unspecified atom stereocenters. The number of aromatic amines is 1. The zero-order valence-electron chi connectivity index (χ0n) is 15.3. The van der Waals surface area contributed by atoms with E-state index in [0.29, 0.717) is 39.6 Å². The minimum atomic E-state index is -0.834. The number of benzene rings is 1. The normalized spacial score (nSPS) is 11.4. The SMILES string of the molecule is COC(=O)c1c(C)[nH]c(C(=O)C(C)Oc2ccc(C#N)cc2OC)c1C. The Hall–Kier alpha value is -3.27. The molecule has 0 aliphatic rings. The summed E-state index contributed by atoms with van der Waals surface area (Å²) in [5.41, 5.74) is 2.14. The molecular weight excluding hydrogens is 336 g/mol. The number of carbonyl (C=O) groups is 2. The van der Waals surface area contributed by atoms with Gasteiger partial charge in [-0.25, -0.2) is 4.79 Å². The van der Waals surface area contributed by atoms with Gasteiger partial charge in [0.05, 0.1) is 37.1 Å². The Kier molecular flexibility index (Phi) is 5.68. The molecule has 0 fully saturated rings. The van der Waals surface area contributed by atoms with E-state index in [0.717, 1.165) is 0 Å². The van der Waals surface area contributed by atoms with Gasteiger partial charge >= 0.3 is 5.97 Å². The Labute approximate surface area is 151 Å². The maximum atomic E-state index is 12.8. The second-order valence-corrected chi connectivity index (χ2v) is 5.72. The standard InChI is InChI=1S/C19H20N2O5/c1-10-16(19(23)25-5)11(2)21-17(10)18(22)12(3)26-14-7-6-13(9-20)8-15(14)24-4/h6-8,12,21H,1-5H3. The third kappa shape index (κ3) is 3.54. The fourth-order valence-electron chi connectivity index (χ4n) is 2.69. The third-order valence-electron chi connectivity index (χ3n) is 4.04. The lowest BCUT2D eigenvalue weighted by atomic mass is 10.1. The van der Waals surface area contributed by atoms with Gasteiger partial charge < -0.3 is 19.2 Å². The van der Waals surface area contributed by atoms with Crippen molar-refractivity contribution in [3.8, 4) is 17.6 Å². The van der Waals surface area contributed by atoms with Gasteiger partial charge in [-0.15, -0.1) is 0 Å². The summed E-state index contributed by atoms with van der Waals surface area (Å²) in [6.45, 7) is 4.98. The van der Waals surface area contributed by atoms with Crippen LogP contribution in [0.1, 0.15) is 44.6 Å². The smallest absolute Gasteiger partial charge is 0.339 e. The van der Waals surface area contributed by atoms with Crippen LogP contribution in [-0.4, -0.2) is 37.1 Å². The molecule has 0 saturated heterocycles. The zero-order chi connectivity index (χ0) is 19.4. The first-order valence-corrected chi connectivity index (χ1v) is 7.90. The summed E-state index contributed by atoms with van der Waals surface area (Å²) >= 11 is 0. The second kappa shape index (κ2) is 7.74. The average molecular weight is 356 g/mol. The van der Waals surface area contributed by atoms with Crippen LogP contribution >= 0.6 is 0 Å². The average Bonchev–Trinajstić information content (AvgIpc) is 2.94. The number of nitrogens with zero attached hydrogens (tertiary/aromatic N) is 1. The lowest BCUT2D eigenvalue weighted by Crippen LogP contribution is -2.25. The van der Waals surface area contributed by atoms with E-state index in [-0.39, 0.29) is 5.78 Å². The van der Waals surface area contributed by atoms with Crippen molar-refractivity contribution < 1.29 is 23.8 Å². The number of nitriles is 1. The van der Waals surface area contributed by atoms with E-state index >= 15 is 0 Å². The maximum Gasteiger partial charge on any atom is 0.339 e. The van der Waals surface area contributed by atoms with Crippen LogP contribution in [0.3, 0.4) is 0 Å². The van der Waals surface area contributed by atoms with E-state index in [1.54, 1.807) is 32.9 Å². The quantitative estimate of drug-likeness (QED) is 0.631. The zero-order valence-corrected chi connectivity index (χ0v) is 15.3. The number of hydrogen-bond acceptors (Lipinski definition) is 6. The fourth-order valence-corrected chi connectivity index (χ4v) is 2.69. The molecular formula is C19H20N2O5. The largest absolute Gasteiger partial charge is 0.493 e. The highest BCUT2D eigenvalue weighted by molar-refractivity contribution is 6.03. The van der Waals surface area contributed by atoms with Gasteiger partial charge in [0, 0.05) is 11.8 Å². The van der Waals surface area contributed by atoms with Crippen molar-refractivity contribution in [2.75, 3.05) is 14.2 Å². The summed E-state index contributed by atoms with van der Waals surface area (Å²) in [7, 11) is 2.75. The van der Waals surface area contributed by atoms with E-state index in [1.165, 1.54) is 20.3 Å². The van der Waals surface area contributed by atoms with Gasteiger partial charge in [-0.1, -0.05) is 0 Å². The molecule has 1 aromatic heterocycles. The van der Waals surface area contributed by atoms with E-state index in [2.05, 4.69) is 4.98 Å². The van der Waals surface area contributed by atoms with Crippen molar-refractivity contribution in [3.05, 3.63) is 46.3 Å². The van der Waals surface area contributed by atoms with E-state index in [9.17, 15) is 9.59 Å². The summed E-state index contributed by atoms with van der Waals surface area (Å²) < 4.78 is 15.7. The summed E-state index contributed by atoms with van der Waals surface area (Å²) in [6, 6.07) is 6.70. The lowest BCUT2D eigenvalue weighted by molar-refractivity contribution is 0.0599. The van der Waals surface area contributed by atoms with Crippen molar-refractivity contribution in [1.29, 1.82) is 5.26 Å². The molecule has 0 saturated carbocycles. The lowest BCUT2D eigenvalue weighted by Gasteiger charge is -2.16. The van der Waals surface area contributed by atoms with Crippen molar-refractivity contribution in [3.63, 3.8) is 0 Å². The van der Waals surface area contributed by atoms with Gasteiger partial charge in [0.1, 0.15) is 0 Å². The predicted molar refractivity (Wildman–Crippen MR) is 93.7 cm³/mol. The van der Waals surface area contributed by atoms with Crippen LogP contribution in [0.5, 0.6) is 11.5 Å². The number of ketones is 1. The highest BCUT2D eigenvalue weighted by atomic mass is 16.5. The molecule has 2 aromatic rings.